The van der Waals surface area contributed by atoms with E-state index in [0.29, 0.717) is 24.9 Å². The molecule has 0 atom stereocenters. The number of carbonyl (C=O) groups is 1. The molecular weight excluding hydrogens is 432 g/mol. The van der Waals surface area contributed by atoms with E-state index < -0.39 is 5.60 Å². The number of carbonyl (C=O) groups excluding carboxylic acids is 1. The standard InChI is InChI=1S/C25H32N6O3/c1-5-21-26-22(29-34-21)16-10-12-17(13-11-16)23-28-27-20-15-30(24(32)33-25(2,3)4)14-18-8-6-7-9-19(18)31(20)23/h6-9,16-17H,5,10-15H2,1-4H3. The molecule has 1 aliphatic carbocycles. The highest BCUT2D eigenvalue weighted by Crippen LogP contribution is 2.40. The zero-order valence-electron chi connectivity index (χ0n) is 20.3. The Morgan fingerprint density at radius 1 is 1.09 bits per heavy atom. The highest BCUT2D eigenvalue weighted by Gasteiger charge is 2.33. The fourth-order valence-corrected chi connectivity index (χ4v) is 4.90. The summed E-state index contributed by atoms with van der Waals surface area (Å²) in [4.78, 5) is 19.2. The van der Waals surface area contributed by atoms with E-state index in [0.717, 1.165) is 60.8 Å². The lowest BCUT2D eigenvalue weighted by Gasteiger charge is -2.26. The Hall–Kier alpha value is -3.23. The molecule has 1 aliphatic heterocycles. The summed E-state index contributed by atoms with van der Waals surface area (Å²) in [6.07, 6.45) is 4.36. The molecule has 34 heavy (non-hydrogen) atoms. The van der Waals surface area contributed by atoms with Gasteiger partial charge < -0.3 is 9.26 Å². The average Bonchev–Trinajstić information content (AvgIpc) is 3.42. The van der Waals surface area contributed by atoms with Crippen molar-refractivity contribution in [2.24, 2.45) is 0 Å². The van der Waals surface area contributed by atoms with E-state index in [9.17, 15) is 4.79 Å². The van der Waals surface area contributed by atoms with Gasteiger partial charge in [-0.1, -0.05) is 30.3 Å². The van der Waals surface area contributed by atoms with Crippen LogP contribution in [-0.4, -0.2) is 41.5 Å². The Morgan fingerprint density at radius 3 is 2.53 bits per heavy atom. The van der Waals surface area contributed by atoms with E-state index in [1.807, 2.05) is 39.8 Å². The molecule has 0 radical (unpaired) electrons. The lowest BCUT2D eigenvalue weighted by molar-refractivity contribution is 0.0214. The molecule has 0 bridgehead atoms. The minimum Gasteiger partial charge on any atom is -0.444 e. The molecule has 2 aliphatic rings. The van der Waals surface area contributed by atoms with Crippen molar-refractivity contribution in [2.75, 3.05) is 0 Å². The van der Waals surface area contributed by atoms with Crippen molar-refractivity contribution in [1.29, 1.82) is 0 Å². The van der Waals surface area contributed by atoms with Gasteiger partial charge in [-0.2, -0.15) is 4.98 Å². The minimum atomic E-state index is -0.559. The molecule has 1 saturated carbocycles. The van der Waals surface area contributed by atoms with Crippen molar-refractivity contribution in [3.05, 3.63) is 53.2 Å². The summed E-state index contributed by atoms with van der Waals surface area (Å²) in [5.41, 5.74) is 1.54. The molecule has 0 spiro atoms. The number of amides is 1. The van der Waals surface area contributed by atoms with Gasteiger partial charge in [0.05, 0.1) is 18.8 Å². The molecular formula is C25H32N6O3. The number of rotatable bonds is 3. The number of hydrogen-bond acceptors (Lipinski definition) is 7. The Labute approximate surface area is 199 Å². The Balaban J connectivity index is 1.40. The molecule has 9 nitrogen and oxygen atoms in total. The van der Waals surface area contributed by atoms with Crippen molar-refractivity contribution < 1.29 is 14.1 Å². The van der Waals surface area contributed by atoms with Crippen molar-refractivity contribution in [3.63, 3.8) is 0 Å². The predicted octanol–water partition coefficient (Wildman–Crippen LogP) is 4.90. The molecule has 1 amide bonds. The van der Waals surface area contributed by atoms with Crippen LogP contribution in [0, 0.1) is 0 Å². The van der Waals surface area contributed by atoms with Gasteiger partial charge in [0.25, 0.3) is 0 Å². The van der Waals surface area contributed by atoms with Crippen LogP contribution in [-0.2, 0) is 24.2 Å². The summed E-state index contributed by atoms with van der Waals surface area (Å²) >= 11 is 0. The summed E-state index contributed by atoms with van der Waals surface area (Å²) in [6, 6.07) is 8.17. The van der Waals surface area contributed by atoms with E-state index in [4.69, 9.17) is 9.26 Å². The van der Waals surface area contributed by atoms with E-state index in [1.54, 1.807) is 4.90 Å². The summed E-state index contributed by atoms with van der Waals surface area (Å²) < 4.78 is 13.1. The summed E-state index contributed by atoms with van der Waals surface area (Å²) in [6.45, 7) is 8.49. The first-order valence-electron chi connectivity index (χ1n) is 12.1. The van der Waals surface area contributed by atoms with Crippen LogP contribution in [0.25, 0.3) is 5.69 Å². The quantitative estimate of drug-likeness (QED) is 0.543. The number of hydrogen-bond donors (Lipinski definition) is 0. The zero-order valence-corrected chi connectivity index (χ0v) is 20.3. The number of fused-ring (bicyclic) bond motifs is 3. The number of aromatic nitrogens is 5. The van der Waals surface area contributed by atoms with Crippen LogP contribution in [0.15, 0.2) is 28.8 Å². The van der Waals surface area contributed by atoms with Gasteiger partial charge in [0.2, 0.25) is 5.89 Å². The molecule has 0 saturated heterocycles. The third-order valence-corrected chi connectivity index (χ3v) is 6.58. The first kappa shape index (κ1) is 22.6. The highest BCUT2D eigenvalue weighted by molar-refractivity contribution is 5.68. The smallest absolute Gasteiger partial charge is 0.411 e. The van der Waals surface area contributed by atoms with Gasteiger partial charge in [-0.3, -0.25) is 9.47 Å². The monoisotopic (exact) mass is 464 g/mol. The first-order chi connectivity index (χ1) is 16.3. The van der Waals surface area contributed by atoms with E-state index in [1.165, 1.54) is 0 Å². The van der Waals surface area contributed by atoms with Gasteiger partial charge in [0.15, 0.2) is 11.6 Å². The van der Waals surface area contributed by atoms with E-state index in [-0.39, 0.29) is 12.0 Å². The molecule has 2 aromatic heterocycles. The number of para-hydroxylation sites is 1. The third kappa shape index (κ3) is 4.43. The fourth-order valence-electron chi connectivity index (χ4n) is 4.90. The third-order valence-electron chi connectivity index (χ3n) is 6.58. The highest BCUT2D eigenvalue weighted by atomic mass is 16.6. The summed E-state index contributed by atoms with van der Waals surface area (Å²) in [7, 11) is 0. The largest absolute Gasteiger partial charge is 0.444 e. The van der Waals surface area contributed by atoms with Crippen LogP contribution in [0.1, 0.15) is 94.1 Å². The number of nitrogens with zero attached hydrogens (tertiary/aromatic N) is 6. The van der Waals surface area contributed by atoms with Crippen LogP contribution < -0.4 is 0 Å². The lowest BCUT2D eigenvalue weighted by Crippen LogP contribution is -2.35. The van der Waals surface area contributed by atoms with Gasteiger partial charge in [-0.05, 0) is 58.1 Å². The Bertz CT molecular complexity index is 1170. The maximum absolute atomic E-state index is 12.9. The van der Waals surface area contributed by atoms with Crippen LogP contribution >= 0.6 is 0 Å². The molecule has 0 unspecified atom stereocenters. The van der Waals surface area contributed by atoms with Crippen LogP contribution in [0.2, 0.25) is 0 Å². The second-order valence-corrected chi connectivity index (χ2v) is 10.2. The van der Waals surface area contributed by atoms with Gasteiger partial charge >= 0.3 is 6.09 Å². The normalized spacial score (nSPS) is 20.4. The SMILES string of the molecule is CCc1nc(C2CCC(c3nnc4n3-c3ccccc3CN(C(=O)OC(C)(C)C)C4)CC2)no1. The molecule has 180 valence electrons. The summed E-state index contributed by atoms with van der Waals surface area (Å²) in [5.74, 6) is 3.87. The van der Waals surface area contributed by atoms with E-state index in [2.05, 4.69) is 37.0 Å². The molecule has 3 aromatic rings. The maximum Gasteiger partial charge on any atom is 0.411 e. The first-order valence-corrected chi connectivity index (χ1v) is 12.1. The maximum atomic E-state index is 12.9. The van der Waals surface area contributed by atoms with Crippen molar-refractivity contribution in [3.8, 4) is 5.69 Å². The summed E-state index contributed by atoms with van der Waals surface area (Å²) in [5, 5.41) is 13.4. The van der Waals surface area contributed by atoms with Gasteiger partial charge in [-0.15, -0.1) is 10.2 Å². The van der Waals surface area contributed by atoms with Crippen molar-refractivity contribution >= 4 is 6.09 Å². The molecule has 9 heteroatoms. The van der Waals surface area contributed by atoms with Gasteiger partial charge in [0, 0.05) is 18.3 Å². The average molecular weight is 465 g/mol. The zero-order chi connectivity index (χ0) is 23.9. The number of ether oxygens (including phenoxy) is 1. The lowest BCUT2D eigenvalue weighted by atomic mass is 9.81. The van der Waals surface area contributed by atoms with Crippen molar-refractivity contribution in [1.82, 2.24) is 29.8 Å². The minimum absolute atomic E-state index is 0.288. The second-order valence-electron chi connectivity index (χ2n) is 10.2. The molecule has 1 fully saturated rings. The van der Waals surface area contributed by atoms with Gasteiger partial charge in [-0.25, -0.2) is 4.79 Å². The van der Waals surface area contributed by atoms with E-state index >= 15 is 0 Å². The Morgan fingerprint density at radius 2 is 1.82 bits per heavy atom. The topological polar surface area (TPSA) is 99.2 Å². The van der Waals surface area contributed by atoms with Crippen LogP contribution in [0.4, 0.5) is 4.79 Å². The predicted molar refractivity (Wildman–Crippen MR) is 124 cm³/mol. The Kier molecular flexibility index (Phi) is 5.87. The van der Waals surface area contributed by atoms with Gasteiger partial charge in [0.1, 0.15) is 11.4 Å². The number of benzene rings is 1. The molecule has 0 N–H and O–H groups in total. The van der Waals surface area contributed by atoms with Crippen LogP contribution in [0.5, 0.6) is 0 Å². The number of aryl methyl sites for hydroxylation is 1. The molecule has 5 rings (SSSR count). The molecule has 3 heterocycles. The van der Waals surface area contributed by atoms with Crippen LogP contribution in [0.3, 0.4) is 0 Å². The fraction of sp³-hybridized carbons (Fsp3) is 0.560. The van der Waals surface area contributed by atoms with Crippen molar-refractivity contribution in [2.45, 2.75) is 90.3 Å². The second kappa shape index (κ2) is 8.85. The molecule has 1 aromatic carbocycles.